The Morgan fingerprint density at radius 2 is 1.67 bits per heavy atom. The standard InChI is InChI=1S/C26H26ClF5N4O3/c1-25(28,29)12-10-15(21(33)37)16(11-13-26(30,31)32)23(38)36-22-24(39)35-20-17(8-5-9-18(20)27)19(34-22)14-6-3-2-4-7-14/h2-9,15-16,22H,10-13H2,1H3,(H2,33,37)(H,35,39)(H,36,38)/t15?,16?,22-/m1/s1. The summed E-state index contributed by atoms with van der Waals surface area (Å²) in [6.45, 7) is 0.578. The first-order valence-electron chi connectivity index (χ1n) is 11.9. The molecule has 0 radical (unpaired) electrons. The number of anilines is 1. The molecule has 1 aliphatic heterocycles. The summed E-state index contributed by atoms with van der Waals surface area (Å²) >= 11 is 6.29. The Balaban J connectivity index is 1.99. The van der Waals surface area contributed by atoms with Crippen LogP contribution in [-0.4, -0.2) is 41.7 Å². The van der Waals surface area contributed by atoms with E-state index >= 15 is 0 Å². The van der Waals surface area contributed by atoms with Gasteiger partial charge >= 0.3 is 6.18 Å². The highest BCUT2D eigenvalue weighted by Crippen LogP contribution is 2.33. The maximum absolute atomic E-state index is 13.5. The number of fused-ring (bicyclic) bond motifs is 1. The second kappa shape index (κ2) is 12.1. The minimum Gasteiger partial charge on any atom is -0.369 e. The first kappa shape index (κ1) is 30.0. The number of benzodiazepines with no additional fused rings is 1. The zero-order valence-corrected chi connectivity index (χ0v) is 21.5. The highest BCUT2D eigenvalue weighted by Gasteiger charge is 2.40. The second-order valence-corrected chi connectivity index (χ2v) is 9.69. The number of halogens is 6. The summed E-state index contributed by atoms with van der Waals surface area (Å²) in [5.41, 5.74) is 6.76. The molecule has 1 heterocycles. The Kier molecular flexibility index (Phi) is 9.31. The summed E-state index contributed by atoms with van der Waals surface area (Å²) in [5, 5.41) is 5.03. The summed E-state index contributed by atoms with van der Waals surface area (Å²) in [6.07, 6.45) is -10.3. The van der Waals surface area contributed by atoms with E-state index in [0.29, 0.717) is 18.1 Å². The van der Waals surface area contributed by atoms with Crippen molar-refractivity contribution in [1.82, 2.24) is 5.32 Å². The van der Waals surface area contributed by atoms with Gasteiger partial charge in [0.2, 0.25) is 23.9 Å². The summed E-state index contributed by atoms with van der Waals surface area (Å²) < 4.78 is 66.2. The van der Waals surface area contributed by atoms with Gasteiger partial charge in [-0.1, -0.05) is 54.1 Å². The monoisotopic (exact) mass is 572 g/mol. The van der Waals surface area contributed by atoms with E-state index in [2.05, 4.69) is 15.6 Å². The van der Waals surface area contributed by atoms with Gasteiger partial charge in [0.1, 0.15) is 0 Å². The number of alkyl halides is 5. The van der Waals surface area contributed by atoms with Gasteiger partial charge in [0.25, 0.3) is 5.91 Å². The van der Waals surface area contributed by atoms with Crippen molar-refractivity contribution >= 4 is 40.7 Å². The van der Waals surface area contributed by atoms with Crippen LogP contribution >= 0.6 is 11.6 Å². The first-order valence-corrected chi connectivity index (χ1v) is 12.3. The molecule has 0 aromatic heterocycles. The SMILES string of the molecule is CC(F)(F)CCC(C(N)=O)C(CCC(F)(F)F)C(=O)N[C@H]1N=C(c2ccccc2)c2cccc(Cl)c2NC1=O. The van der Waals surface area contributed by atoms with Crippen molar-refractivity contribution in [2.24, 2.45) is 22.6 Å². The summed E-state index contributed by atoms with van der Waals surface area (Å²) in [4.78, 5) is 42.9. The van der Waals surface area contributed by atoms with Crippen LogP contribution in [-0.2, 0) is 14.4 Å². The third-order valence-electron chi connectivity index (χ3n) is 6.17. The number of hydrogen-bond donors (Lipinski definition) is 3. The average molecular weight is 573 g/mol. The molecule has 2 aromatic carbocycles. The van der Waals surface area contributed by atoms with E-state index in [-0.39, 0.29) is 16.4 Å². The number of carbonyl (C=O) groups excluding carboxylic acids is 3. The molecule has 0 aliphatic carbocycles. The van der Waals surface area contributed by atoms with E-state index in [0.717, 1.165) is 0 Å². The molecule has 7 nitrogen and oxygen atoms in total. The number of amides is 3. The van der Waals surface area contributed by atoms with E-state index in [4.69, 9.17) is 17.3 Å². The number of primary amides is 1. The van der Waals surface area contributed by atoms with Crippen LogP contribution in [0.4, 0.5) is 27.6 Å². The number of nitrogens with one attached hydrogen (secondary N) is 2. The third-order valence-corrected chi connectivity index (χ3v) is 6.49. The minimum atomic E-state index is -4.70. The van der Waals surface area contributed by atoms with Gasteiger partial charge in [-0.2, -0.15) is 13.2 Å². The van der Waals surface area contributed by atoms with Crippen LogP contribution in [0.5, 0.6) is 0 Å². The van der Waals surface area contributed by atoms with Crippen LogP contribution < -0.4 is 16.4 Å². The van der Waals surface area contributed by atoms with Crippen molar-refractivity contribution in [3.8, 4) is 0 Å². The molecule has 210 valence electrons. The highest BCUT2D eigenvalue weighted by atomic mass is 35.5. The van der Waals surface area contributed by atoms with Crippen LogP contribution in [0.25, 0.3) is 0 Å². The lowest BCUT2D eigenvalue weighted by atomic mass is 9.83. The highest BCUT2D eigenvalue weighted by molar-refractivity contribution is 6.36. The molecule has 3 amide bonds. The number of hydrogen-bond acceptors (Lipinski definition) is 4. The molecular formula is C26H26ClF5N4O3. The third kappa shape index (κ3) is 8.22. The molecule has 0 spiro atoms. The zero-order chi connectivity index (χ0) is 29.0. The minimum absolute atomic E-state index is 0.175. The van der Waals surface area contributed by atoms with Crippen LogP contribution in [0, 0.1) is 11.8 Å². The Morgan fingerprint density at radius 3 is 2.26 bits per heavy atom. The fraction of sp³-hybridized carbons (Fsp3) is 0.385. The fourth-order valence-corrected chi connectivity index (χ4v) is 4.47. The number of aliphatic imine (C=N–C) groups is 1. The van der Waals surface area contributed by atoms with Gasteiger partial charge in [0, 0.05) is 35.8 Å². The van der Waals surface area contributed by atoms with E-state index < -0.39 is 73.5 Å². The van der Waals surface area contributed by atoms with E-state index in [1.165, 1.54) is 6.07 Å². The molecule has 3 atom stereocenters. The molecule has 0 fully saturated rings. The van der Waals surface area contributed by atoms with Crippen molar-refractivity contribution in [3.05, 3.63) is 64.7 Å². The van der Waals surface area contributed by atoms with E-state index in [1.54, 1.807) is 42.5 Å². The number of benzene rings is 2. The zero-order valence-electron chi connectivity index (χ0n) is 20.7. The molecular weight excluding hydrogens is 547 g/mol. The molecule has 0 saturated carbocycles. The number of para-hydroxylation sites is 1. The quantitative estimate of drug-likeness (QED) is 0.346. The molecule has 4 N–H and O–H groups in total. The Morgan fingerprint density at radius 1 is 1.03 bits per heavy atom. The van der Waals surface area contributed by atoms with Crippen molar-refractivity contribution in [3.63, 3.8) is 0 Å². The molecule has 2 aromatic rings. The lowest BCUT2D eigenvalue weighted by molar-refractivity contribution is -0.147. The Hall–Kier alpha value is -3.54. The number of rotatable bonds is 10. The first-order chi connectivity index (χ1) is 18.2. The van der Waals surface area contributed by atoms with Gasteiger partial charge in [-0.15, -0.1) is 0 Å². The lowest BCUT2D eigenvalue weighted by Crippen LogP contribution is -2.48. The number of nitrogens with two attached hydrogens (primary N) is 1. The van der Waals surface area contributed by atoms with Gasteiger partial charge in [-0.3, -0.25) is 14.4 Å². The summed E-state index contributed by atoms with van der Waals surface area (Å²) in [7, 11) is 0. The van der Waals surface area contributed by atoms with Crippen LogP contribution in [0.1, 0.15) is 43.7 Å². The van der Waals surface area contributed by atoms with Crippen molar-refractivity contribution in [2.45, 2.75) is 50.9 Å². The van der Waals surface area contributed by atoms with Gasteiger partial charge in [-0.25, -0.2) is 13.8 Å². The molecule has 3 rings (SSSR count). The fourth-order valence-electron chi connectivity index (χ4n) is 4.25. The van der Waals surface area contributed by atoms with Crippen molar-refractivity contribution in [1.29, 1.82) is 0 Å². The average Bonchev–Trinajstić information content (AvgIpc) is 2.97. The Labute approximate surface area is 226 Å². The lowest BCUT2D eigenvalue weighted by Gasteiger charge is -2.26. The topological polar surface area (TPSA) is 114 Å². The molecule has 0 saturated heterocycles. The van der Waals surface area contributed by atoms with Crippen LogP contribution in [0.15, 0.2) is 53.5 Å². The van der Waals surface area contributed by atoms with E-state index in [9.17, 15) is 36.3 Å². The maximum Gasteiger partial charge on any atom is 0.389 e. The molecule has 39 heavy (non-hydrogen) atoms. The van der Waals surface area contributed by atoms with Gasteiger partial charge in [0.15, 0.2) is 0 Å². The normalized spacial score (nSPS) is 17.3. The number of carbonyl (C=O) groups is 3. The predicted octanol–water partition coefficient (Wildman–Crippen LogP) is 5.07. The van der Waals surface area contributed by atoms with Crippen molar-refractivity contribution in [2.75, 3.05) is 5.32 Å². The van der Waals surface area contributed by atoms with Crippen molar-refractivity contribution < 1.29 is 36.3 Å². The van der Waals surface area contributed by atoms with Gasteiger partial charge in [0.05, 0.1) is 16.4 Å². The molecule has 1 aliphatic rings. The largest absolute Gasteiger partial charge is 0.389 e. The Bertz CT molecular complexity index is 1250. The van der Waals surface area contributed by atoms with Gasteiger partial charge < -0.3 is 16.4 Å². The summed E-state index contributed by atoms with van der Waals surface area (Å²) in [6, 6.07) is 13.3. The van der Waals surface area contributed by atoms with Crippen LogP contribution in [0.3, 0.4) is 0 Å². The predicted molar refractivity (Wildman–Crippen MR) is 135 cm³/mol. The molecule has 2 unspecified atom stereocenters. The molecule has 13 heteroatoms. The second-order valence-electron chi connectivity index (χ2n) is 9.28. The van der Waals surface area contributed by atoms with Crippen LogP contribution in [0.2, 0.25) is 5.02 Å². The summed E-state index contributed by atoms with van der Waals surface area (Å²) in [5.74, 6) is -9.86. The number of nitrogens with zero attached hydrogens (tertiary/aromatic N) is 1. The van der Waals surface area contributed by atoms with Gasteiger partial charge in [-0.05, 0) is 25.8 Å². The maximum atomic E-state index is 13.5. The smallest absolute Gasteiger partial charge is 0.369 e. The van der Waals surface area contributed by atoms with E-state index in [1.807, 2.05) is 0 Å². The molecule has 0 bridgehead atoms.